The summed E-state index contributed by atoms with van der Waals surface area (Å²) in [5.74, 6) is -0.0363. The first kappa shape index (κ1) is 16.1. The van der Waals surface area contributed by atoms with Crippen molar-refractivity contribution in [3.05, 3.63) is 47.1 Å². The summed E-state index contributed by atoms with van der Waals surface area (Å²) in [7, 11) is 0. The van der Waals surface area contributed by atoms with E-state index in [9.17, 15) is 18.0 Å². The standard InChI is InChI=1S/C13H9BrF3N3O2/c14-8-1-6-11(18-7-8)20-12(21)19-9-2-4-10(5-3-9)22-13(15,16)17/h1-7H,(H2,18,19,20,21). The van der Waals surface area contributed by atoms with Gasteiger partial charge in [0, 0.05) is 16.4 Å². The molecule has 0 aliphatic rings. The van der Waals surface area contributed by atoms with Crippen molar-refractivity contribution in [2.75, 3.05) is 10.6 Å². The van der Waals surface area contributed by atoms with Crippen LogP contribution in [0.2, 0.25) is 0 Å². The Kier molecular flexibility index (Phi) is 4.86. The molecule has 0 aliphatic carbocycles. The minimum Gasteiger partial charge on any atom is -0.406 e. The molecule has 0 unspecified atom stereocenters. The van der Waals surface area contributed by atoms with Gasteiger partial charge in [0.05, 0.1) is 0 Å². The Hall–Kier alpha value is -2.29. The summed E-state index contributed by atoms with van der Waals surface area (Å²) in [6.07, 6.45) is -3.24. The van der Waals surface area contributed by atoms with Gasteiger partial charge in [-0.3, -0.25) is 5.32 Å². The van der Waals surface area contributed by atoms with Crippen LogP contribution >= 0.6 is 15.9 Å². The summed E-state index contributed by atoms with van der Waals surface area (Å²) in [5.41, 5.74) is 0.309. The van der Waals surface area contributed by atoms with Gasteiger partial charge in [-0.1, -0.05) is 0 Å². The maximum atomic E-state index is 12.0. The van der Waals surface area contributed by atoms with Crippen molar-refractivity contribution in [3.63, 3.8) is 0 Å². The maximum Gasteiger partial charge on any atom is 0.573 e. The van der Waals surface area contributed by atoms with Crippen LogP contribution in [0, 0.1) is 0 Å². The van der Waals surface area contributed by atoms with E-state index in [1.54, 1.807) is 12.1 Å². The minimum absolute atomic E-state index is 0.309. The van der Waals surface area contributed by atoms with Gasteiger partial charge in [-0.2, -0.15) is 0 Å². The van der Waals surface area contributed by atoms with E-state index in [1.807, 2.05) is 0 Å². The van der Waals surface area contributed by atoms with Crippen molar-refractivity contribution in [1.82, 2.24) is 4.98 Å². The number of benzene rings is 1. The number of pyridine rings is 1. The Morgan fingerprint density at radius 1 is 1.09 bits per heavy atom. The molecule has 0 saturated carbocycles. The molecule has 2 N–H and O–H groups in total. The monoisotopic (exact) mass is 375 g/mol. The number of anilines is 2. The molecular weight excluding hydrogens is 367 g/mol. The van der Waals surface area contributed by atoms with Crippen molar-refractivity contribution in [3.8, 4) is 5.75 Å². The highest BCUT2D eigenvalue weighted by atomic mass is 79.9. The molecule has 0 bridgehead atoms. The average Bonchev–Trinajstić information content (AvgIpc) is 2.42. The van der Waals surface area contributed by atoms with Crippen molar-refractivity contribution < 1.29 is 22.7 Å². The molecule has 116 valence electrons. The number of urea groups is 1. The Morgan fingerprint density at radius 3 is 2.32 bits per heavy atom. The van der Waals surface area contributed by atoms with E-state index in [0.717, 1.165) is 16.6 Å². The van der Waals surface area contributed by atoms with Crippen LogP contribution in [0.25, 0.3) is 0 Å². The molecule has 1 heterocycles. The smallest absolute Gasteiger partial charge is 0.406 e. The number of halogens is 4. The van der Waals surface area contributed by atoms with E-state index >= 15 is 0 Å². The fourth-order valence-corrected chi connectivity index (χ4v) is 1.70. The molecule has 0 fully saturated rings. The SMILES string of the molecule is O=C(Nc1ccc(OC(F)(F)F)cc1)Nc1ccc(Br)cn1. The maximum absolute atomic E-state index is 12.0. The zero-order chi connectivity index (χ0) is 16.2. The molecule has 2 aromatic rings. The second kappa shape index (κ2) is 6.65. The predicted molar refractivity (Wildman–Crippen MR) is 77.7 cm³/mol. The Morgan fingerprint density at radius 2 is 1.77 bits per heavy atom. The highest BCUT2D eigenvalue weighted by molar-refractivity contribution is 9.10. The summed E-state index contributed by atoms with van der Waals surface area (Å²) in [5, 5.41) is 4.93. The molecule has 0 spiro atoms. The largest absolute Gasteiger partial charge is 0.573 e. The predicted octanol–water partition coefficient (Wildman–Crippen LogP) is 4.39. The zero-order valence-corrected chi connectivity index (χ0v) is 12.4. The summed E-state index contributed by atoms with van der Waals surface area (Å²) < 4.78 is 40.5. The van der Waals surface area contributed by atoms with Gasteiger partial charge in [-0.25, -0.2) is 9.78 Å². The summed E-state index contributed by atoms with van der Waals surface area (Å²) in [6.45, 7) is 0. The number of hydrogen-bond donors (Lipinski definition) is 2. The van der Waals surface area contributed by atoms with E-state index in [-0.39, 0.29) is 5.75 Å². The lowest BCUT2D eigenvalue weighted by molar-refractivity contribution is -0.274. The molecule has 1 aromatic carbocycles. The number of nitrogens with one attached hydrogen (secondary N) is 2. The Labute approximate surface area is 131 Å². The first-order chi connectivity index (χ1) is 10.3. The lowest BCUT2D eigenvalue weighted by Crippen LogP contribution is -2.20. The molecular formula is C13H9BrF3N3O2. The van der Waals surface area contributed by atoms with Crippen LogP contribution in [-0.2, 0) is 0 Å². The zero-order valence-electron chi connectivity index (χ0n) is 10.8. The summed E-state index contributed by atoms with van der Waals surface area (Å²) in [6, 6.07) is 7.49. The van der Waals surface area contributed by atoms with E-state index < -0.39 is 12.4 Å². The lowest BCUT2D eigenvalue weighted by atomic mass is 10.3. The topological polar surface area (TPSA) is 63.2 Å². The van der Waals surface area contributed by atoms with Crippen LogP contribution in [0.3, 0.4) is 0 Å². The van der Waals surface area contributed by atoms with E-state index in [1.165, 1.54) is 18.3 Å². The van der Waals surface area contributed by atoms with Crippen molar-refractivity contribution >= 4 is 33.5 Å². The number of carbonyl (C=O) groups excluding carboxylic acids is 1. The first-order valence-corrected chi connectivity index (χ1v) is 6.66. The molecule has 0 aliphatic heterocycles. The minimum atomic E-state index is -4.75. The van der Waals surface area contributed by atoms with Gasteiger partial charge in [0.15, 0.2) is 0 Å². The average molecular weight is 376 g/mol. The third-order valence-corrected chi connectivity index (χ3v) is 2.78. The number of hydrogen-bond acceptors (Lipinski definition) is 3. The highest BCUT2D eigenvalue weighted by Crippen LogP contribution is 2.24. The third-order valence-electron chi connectivity index (χ3n) is 2.31. The van der Waals surface area contributed by atoms with Gasteiger partial charge in [-0.05, 0) is 52.3 Å². The van der Waals surface area contributed by atoms with Gasteiger partial charge >= 0.3 is 12.4 Å². The second-order valence-corrected chi connectivity index (χ2v) is 4.93. The van der Waals surface area contributed by atoms with Crippen molar-refractivity contribution in [2.24, 2.45) is 0 Å². The van der Waals surface area contributed by atoms with E-state index in [0.29, 0.717) is 11.5 Å². The number of aromatic nitrogens is 1. The second-order valence-electron chi connectivity index (χ2n) is 4.01. The normalized spacial score (nSPS) is 10.9. The molecule has 2 amide bonds. The molecule has 0 radical (unpaired) electrons. The van der Waals surface area contributed by atoms with Gasteiger partial charge in [0.2, 0.25) is 0 Å². The van der Waals surface area contributed by atoms with Crippen LogP contribution < -0.4 is 15.4 Å². The Balaban J connectivity index is 1.93. The number of amides is 2. The Bertz CT molecular complexity index is 645. The first-order valence-electron chi connectivity index (χ1n) is 5.87. The van der Waals surface area contributed by atoms with Gasteiger partial charge in [0.1, 0.15) is 11.6 Å². The molecule has 1 aromatic heterocycles. The van der Waals surface area contributed by atoms with Crippen LogP contribution in [0.5, 0.6) is 5.75 Å². The van der Waals surface area contributed by atoms with E-state index in [4.69, 9.17) is 0 Å². The molecule has 22 heavy (non-hydrogen) atoms. The van der Waals surface area contributed by atoms with Crippen LogP contribution in [0.1, 0.15) is 0 Å². The third kappa shape index (κ3) is 5.24. The van der Waals surface area contributed by atoms with Crippen molar-refractivity contribution in [1.29, 1.82) is 0 Å². The number of ether oxygens (including phenoxy) is 1. The number of rotatable bonds is 3. The quantitative estimate of drug-likeness (QED) is 0.836. The molecule has 0 saturated heterocycles. The molecule has 9 heteroatoms. The fraction of sp³-hybridized carbons (Fsp3) is 0.0769. The van der Waals surface area contributed by atoms with Crippen LogP contribution in [0.4, 0.5) is 29.5 Å². The molecule has 2 rings (SSSR count). The lowest BCUT2D eigenvalue weighted by Gasteiger charge is -2.10. The highest BCUT2D eigenvalue weighted by Gasteiger charge is 2.30. The van der Waals surface area contributed by atoms with Crippen molar-refractivity contribution in [2.45, 2.75) is 6.36 Å². The summed E-state index contributed by atoms with van der Waals surface area (Å²) in [4.78, 5) is 15.6. The number of alkyl halides is 3. The number of carbonyl (C=O) groups is 1. The van der Waals surface area contributed by atoms with Gasteiger partial charge in [-0.15, -0.1) is 13.2 Å². The number of nitrogens with zero attached hydrogens (tertiary/aromatic N) is 1. The molecule has 5 nitrogen and oxygen atoms in total. The van der Waals surface area contributed by atoms with E-state index in [2.05, 4.69) is 36.3 Å². The van der Waals surface area contributed by atoms with Crippen LogP contribution in [0.15, 0.2) is 47.1 Å². The van der Waals surface area contributed by atoms with Gasteiger partial charge in [0.25, 0.3) is 0 Å². The summed E-state index contributed by atoms with van der Waals surface area (Å²) >= 11 is 3.21. The molecule has 0 atom stereocenters. The van der Waals surface area contributed by atoms with Gasteiger partial charge < -0.3 is 10.1 Å². The fourth-order valence-electron chi connectivity index (χ4n) is 1.47. The van der Waals surface area contributed by atoms with Crippen LogP contribution in [-0.4, -0.2) is 17.4 Å².